The molecule has 0 spiro atoms. The summed E-state index contributed by atoms with van der Waals surface area (Å²) in [4.78, 5) is 12.2. The van der Waals surface area contributed by atoms with Gasteiger partial charge < -0.3 is 30.1 Å². The molecule has 0 amide bonds. The second-order valence-electron chi connectivity index (χ2n) is 4.60. The largest absolute Gasteiger partial charge is 0.549 e. The van der Waals surface area contributed by atoms with E-state index in [1.807, 2.05) is 31.2 Å². The highest BCUT2D eigenvalue weighted by molar-refractivity contribution is 8.00. The van der Waals surface area contributed by atoms with Crippen LogP contribution in [0.2, 0.25) is 0 Å². The maximum absolute atomic E-state index is 10.2. The molecule has 22 heavy (non-hydrogen) atoms. The van der Waals surface area contributed by atoms with Crippen molar-refractivity contribution in [1.29, 1.82) is 0 Å². The third-order valence-corrected chi connectivity index (χ3v) is 3.98. The Bertz CT molecular complexity index is 402. The molecule has 0 aliphatic carbocycles. The van der Waals surface area contributed by atoms with Crippen molar-refractivity contribution in [1.82, 2.24) is 0 Å². The van der Waals surface area contributed by atoms with Crippen LogP contribution in [0, 0.1) is 6.92 Å². The highest BCUT2D eigenvalue weighted by atomic mass is 32.2. The van der Waals surface area contributed by atoms with Crippen LogP contribution in [0.25, 0.3) is 0 Å². The number of aliphatic hydroxyl groups is 3. The standard InChI is InChI=1S/C9H10O2S.C6H15NO3/c1-7-4-2-3-5-8(7)12-6-9(10)11;8-4-1-7(2-5-9)3-6-10/h2-5H,6H2,1H3,(H,10,11);8-10H,1-6H2. The second kappa shape index (κ2) is 13.5. The molecular formula is C15H25NO5S. The van der Waals surface area contributed by atoms with E-state index in [4.69, 9.17) is 15.3 Å². The molecule has 0 fully saturated rings. The average molecular weight is 331 g/mol. The highest BCUT2D eigenvalue weighted by Crippen LogP contribution is 2.20. The van der Waals surface area contributed by atoms with E-state index in [2.05, 4.69) is 0 Å². The lowest BCUT2D eigenvalue weighted by Gasteiger charge is -2.15. The molecule has 0 heterocycles. The summed E-state index contributed by atoms with van der Waals surface area (Å²) in [5, 5.41) is 35.7. The normalized spacial score (nSPS) is 10.2. The van der Waals surface area contributed by atoms with Gasteiger partial charge in [-0.3, -0.25) is 0 Å². The number of carboxylic acid groups (broad SMARTS) is 1. The monoisotopic (exact) mass is 331 g/mol. The zero-order valence-corrected chi connectivity index (χ0v) is 13.6. The molecular weight excluding hydrogens is 306 g/mol. The number of nitrogens with one attached hydrogen (secondary N) is 1. The smallest absolute Gasteiger partial charge is 0.101 e. The minimum Gasteiger partial charge on any atom is -0.549 e. The first-order valence-corrected chi connectivity index (χ1v) is 8.08. The Kier molecular flexibility index (Phi) is 12.8. The number of benzene rings is 1. The Morgan fingerprint density at radius 3 is 2.00 bits per heavy atom. The van der Waals surface area contributed by atoms with E-state index >= 15 is 0 Å². The van der Waals surface area contributed by atoms with Gasteiger partial charge in [0, 0.05) is 10.6 Å². The lowest BCUT2D eigenvalue weighted by atomic mass is 10.2. The van der Waals surface area contributed by atoms with Crippen LogP contribution in [0.5, 0.6) is 0 Å². The van der Waals surface area contributed by atoms with E-state index in [1.54, 1.807) is 0 Å². The molecule has 1 rings (SSSR count). The van der Waals surface area contributed by atoms with E-state index in [1.165, 1.54) is 11.8 Å². The first-order chi connectivity index (χ1) is 10.5. The maximum Gasteiger partial charge on any atom is 0.101 e. The molecule has 0 saturated heterocycles. The van der Waals surface area contributed by atoms with Crippen molar-refractivity contribution in [3.05, 3.63) is 29.8 Å². The number of carboxylic acids is 1. The molecule has 0 atom stereocenters. The summed E-state index contributed by atoms with van der Waals surface area (Å²) >= 11 is 1.29. The quantitative estimate of drug-likeness (QED) is 0.379. The van der Waals surface area contributed by atoms with Gasteiger partial charge in [0.25, 0.3) is 0 Å². The van der Waals surface area contributed by atoms with E-state index in [9.17, 15) is 9.90 Å². The van der Waals surface area contributed by atoms with Crippen LogP contribution < -0.4 is 10.0 Å². The van der Waals surface area contributed by atoms with Crippen molar-refractivity contribution in [2.75, 3.05) is 45.2 Å². The molecule has 0 aliphatic rings. The molecule has 0 saturated carbocycles. The highest BCUT2D eigenvalue weighted by Gasteiger charge is 2.04. The van der Waals surface area contributed by atoms with Crippen LogP contribution in [-0.2, 0) is 4.79 Å². The number of carbonyl (C=O) groups excluding carboxylic acids is 1. The molecule has 6 nitrogen and oxygen atoms in total. The predicted molar refractivity (Wildman–Crippen MR) is 83.7 cm³/mol. The van der Waals surface area contributed by atoms with Crippen LogP contribution in [0.15, 0.2) is 29.2 Å². The predicted octanol–water partition coefficient (Wildman–Crippen LogP) is -2.31. The van der Waals surface area contributed by atoms with Crippen molar-refractivity contribution in [3.8, 4) is 0 Å². The SMILES string of the molecule is Cc1ccccc1SCC(=O)[O-].OCC[NH+](CCO)CCO. The van der Waals surface area contributed by atoms with E-state index in [0.717, 1.165) is 15.4 Å². The van der Waals surface area contributed by atoms with Crippen LogP contribution >= 0.6 is 11.8 Å². The van der Waals surface area contributed by atoms with Crippen molar-refractivity contribution < 1.29 is 30.1 Å². The molecule has 0 unspecified atom stereocenters. The summed E-state index contributed by atoms with van der Waals surface area (Å²) in [5.41, 5.74) is 1.10. The van der Waals surface area contributed by atoms with E-state index in [-0.39, 0.29) is 25.6 Å². The molecule has 1 aromatic rings. The van der Waals surface area contributed by atoms with Crippen LogP contribution in [-0.4, -0.2) is 66.5 Å². The van der Waals surface area contributed by atoms with Crippen molar-refractivity contribution >= 4 is 17.7 Å². The van der Waals surface area contributed by atoms with Crippen molar-refractivity contribution in [2.24, 2.45) is 0 Å². The summed E-state index contributed by atoms with van der Waals surface area (Å²) in [6.07, 6.45) is 0. The Morgan fingerprint density at radius 1 is 1.09 bits per heavy atom. The molecule has 4 N–H and O–H groups in total. The zero-order valence-electron chi connectivity index (χ0n) is 12.8. The summed E-state index contributed by atoms with van der Waals surface area (Å²) in [7, 11) is 0. The Morgan fingerprint density at radius 2 is 1.59 bits per heavy atom. The van der Waals surface area contributed by atoms with Gasteiger partial charge in [-0.25, -0.2) is 0 Å². The first kappa shape index (κ1) is 20.9. The van der Waals surface area contributed by atoms with Crippen LogP contribution in [0.1, 0.15) is 5.56 Å². The first-order valence-electron chi connectivity index (χ1n) is 7.09. The molecule has 0 radical (unpaired) electrons. The summed E-state index contributed by atoms with van der Waals surface area (Å²) < 4.78 is 0. The summed E-state index contributed by atoms with van der Waals surface area (Å²) in [5.74, 6) is -1.01. The van der Waals surface area contributed by atoms with Gasteiger partial charge in [-0.15, -0.1) is 11.8 Å². The third-order valence-electron chi connectivity index (χ3n) is 2.84. The number of rotatable bonds is 9. The van der Waals surface area contributed by atoms with Gasteiger partial charge >= 0.3 is 0 Å². The fraction of sp³-hybridized carbons (Fsp3) is 0.533. The van der Waals surface area contributed by atoms with Gasteiger partial charge in [-0.2, -0.15) is 0 Å². The fourth-order valence-corrected chi connectivity index (χ4v) is 2.45. The molecule has 7 heteroatoms. The number of thioether (sulfide) groups is 1. The number of quaternary nitrogens is 1. The topological polar surface area (TPSA) is 105 Å². The lowest BCUT2D eigenvalue weighted by molar-refractivity contribution is -0.901. The van der Waals surface area contributed by atoms with Crippen molar-refractivity contribution in [2.45, 2.75) is 11.8 Å². The minimum atomic E-state index is -1.02. The maximum atomic E-state index is 10.2. The van der Waals surface area contributed by atoms with Crippen LogP contribution in [0.4, 0.5) is 0 Å². The van der Waals surface area contributed by atoms with Gasteiger partial charge in [0.05, 0.1) is 25.8 Å². The number of hydrogen-bond acceptors (Lipinski definition) is 6. The molecule has 0 aromatic heterocycles. The Labute approximate surface area is 135 Å². The number of carbonyl (C=O) groups is 1. The van der Waals surface area contributed by atoms with E-state index < -0.39 is 5.97 Å². The Balaban J connectivity index is 0.000000409. The summed E-state index contributed by atoms with van der Waals surface area (Å²) in [6, 6.07) is 7.68. The van der Waals surface area contributed by atoms with Gasteiger partial charge in [0.15, 0.2) is 0 Å². The molecule has 0 bridgehead atoms. The average Bonchev–Trinajstić information content (AvgIpc) is 2.48. The molecule has 0 aliphatic heterocycles. The number of hydrogen-bond donors (Lipinski definition) is 4. The zero-order chi connectivity index (χ0) is 16.8. The minimum absolute atomic E-state index is 0.0187. The van der Waals surface area contributed by atoms with Gasteiger partial charge in [-0.1, -0.05) is 18.2 Å². The van der Waals surface area contributed by atoms with Gasteiger partial charge in [0.1, 0.15) is 19.6 Å². The number of aliphatic hydroxyl groups excluding tert-OH is 3. The Hall–Kier alpha value is -1.12. The lowest BCUT2D eigenvalue weighted by Crippen LogP contribution is -3.13. The molecule has 126 valence electrons. The third kappa shape index (κ3) is 10.6. The number of aryl methyl sites for hydroxylation is 1. The van der Waals surface area contributed by atoms with E-state index in [0.29, 0.717) is 19.6 Å². The number of aliphatic carboxylic acids is 1. The van der Waals surface area contributed by atoms with Gasteiger partial charge in [0.2, 0.25) is 0 Å². The van der Waals surface area contributed by atoms with Crippen molar-refractivity contribution in [3.63, 3.8) is 0 Å². The second-order valence-corrected chi connectivity index (χ2v) is 5.61. The van der Waals surface area contributed by atoms with Gasteiger partial charge in [-0.05, 0) is 18.6 Å². The summed E-state index contributed by atoms with van der Waals surface area (Å²) in [6.45, 7) is 4.07. The molecule has 1 aromatic carbocycles. The van der Waals surface area contributed by atoms with Crippen LogP contribution in [0.3, 0.4) is 0 Å². The fourth-order valence-electron chi connectivity index (χ4n) is 1.70.